The molecule has 0 fully saturated rings. The van der Waals surface area contributed by atoms with Gasteiger partial charge in [-0.3, -0.25) is 0 Å². The summed E-state index contributed by atoms with van der Waals surface area (Å²) in [4.78, 5) is -0.163. The minimum absolute atomic E-state index is 0.0155. The molecule has 0 aliphatic rings. The molecule has 17 heavy (non-hydrogen) atoms. The summed E-state index contributed by atoms with van der Waals surface area (Å²) in [5.74, 6) is -0.753. The Bertz CT molecular complexity index is 593. The molecule has 7 heteroatoms. The maximum atomic E-state index is 13.0. The van der Waals surface area contributed by atoms with Gasteiger partial charge in [0.05, 0.1) is 10.5 Å². The normalized spacial score (nSPS) is 10.9. The van der Waals surface area contributed by atoms with Crippen LogP contribution in [0.4, 0.5) is 4.39 Å². The number of nitriles is 1. The minimum atomic E-state index is -3.76. The molecule has 0 unspecified atom stereocenters. The number of rotatable bonds is 4. The fourth-order valence-electron chi connectivity index (χ4n) is 1.01. The number of halogens is 2. The van der Waals surface area contributed by atoms with Crippen LogP contribution >= 0.6 is 15.9 Å². The van der Waals surface area contributed by atoms with E-state index in [4.69, 9.17) is 5.26 Å². The van der Waals surface area contributed by atoms with Gasteiger partial charge in [0, 0.05) is 11.0 Å². The highest BCUT2D eigenvalue weighted by molar-refractivity contribution is 9.11. The number of hydrogen-bond donors (Lipinski definition) is 1. The maximum absolute atomic E-state index is 13.0. The van der Waals surface area contributed by atoms with Gasteiger partial charge in [-0.25, -0.2) is 17.5 Å². The average molecular weight is 319 g/mol. The molecule has 0 bridgehead atoms. The Morgan fingerprint density at radius 3 is 2.76 bits per heavy atom. The van der Waals surface area contributed by atoms with Crippen molar-refractivity contribution in [2.45, 2.75) is 4.90 Å². The summed E-state index contributed by atoms with van der Waals surface area (Å²) in [5.41, 5.74) is -0.314. The first-order chi connectivity index (χ1) is 7.86. The van der Waals surface area contributed by atoms with E-state index in [9.17, 15) is 12.8 Å². The molecule has 0 aromatic heterocycles. The van der Waals surface area contributed by atoms with Crippen LogP contribution in [0.15, 0.2) is 34.2 Å². The Labute approximate surface area is 107 Å². The van der Waals surface area contributed by atoms with Crippen molar-refractivity contribution in [3.05, 3.63) is 40.6 Å². The molecule has 0 amide bonds. The van der Waals surface area contributed by atoms with E-state index in [1.54, 1.807) is 6.07 Å². The Morgan fingerprint density at radius 1 is 1.59 bits per heavy atom. The average Bonchev–Trinajstić information content (AvgIpc) is 2.27. The molecule has 1 aromatic rings. The van der Waals surface area contributed by atoms with E-state index in [1.165, 1.54) is 0 Å². The third-order valence-corrected chi connectivity index (χ3v) is 3.50. The lowest BCUT2D eigenvalue weighted by Gasteiger charge is -2.06. The van der Waals surface area contributed by atoms with Crippen LogP contribution in [0.25, 0.3) is 0 Å². The van der Waals surface area contributed by atoms with Gasteiger partial charge in [0.1, 0.15) is 11.9 Å². The van der Waals surface area contributed by atoms with Crippen molar-refractivity contribution in [2.24, 2.45) is 0 Å². The Morgan fingerprint density at radius 2 is 2.24 bits per heavy atom. The summed E-state index contributed by atoms with van der Waals surface area (Å²) < 4.78 is 39.1. The summed E-state index contributed by atoms with van der Waals surface area (Å²) >= 11 is 3.01. The number of hydrogen-bond acceptors (Lipinski definition) is 3. The summed E-state index contributed by atoms with van der Waals surface area (Å²) in [6.07, 6.45) is 0. The van der Waals surface area contributed by atoms with E-state index in [1.807, 2.05) is 0 Å². The smallest absolute Gasteiger partial charge is 0.207 e. The SMILES string of the molecule is C=C(Br)CNS(=O)(=O)c1ccc(F)c(C#N)c1. The summed E-state index contributed by atoms with van der Waals surface area (Å²) in [6, 6.07) is 4.59. The van der Waals surface area contributed by atoms with Crippen molar-refractivity contribution in [1.82, 2.24) is 4.72 Å². The molecule has 0 heterocycles. The minimum Gasteiger partial charge on any atom is -0.207 e. The third-order valence-electron chi connectivity index (χ3n) is 1.82. The van der Waals surface area contributed by atoms with Crippen LogP contribution in [-0.4, -0.2) is 15.0 Å². The van der Waals surface area contributed by atoms with E-state index in [0.29, 0.717) is 4.48 Å². The van der Waals surface area contributed by atoms with Gasteiger partial charge < -0.3 is 0 Å². The van der Waals surface area contributed by atoms with Crippen LogP contribution in [0.1, 0.15) is 5.56 Å². The van der Waals surface area contributed by atoms with Gasteiger partial charge in [0.25, 0.3) is 0 Å². The van der Waals surface area contributed by atoms with Crippen LogP contribution in [0, 0.1) is 17.1 Å². The molecule has 1 aromatic carbocycles. The van der Waals surface area contributed by atoms with E-state index in [0.717, 1.165) is 18.2 Å². The lowest BCUT2D eigenvalue weighted by atomic mass is 10.2. The number of nitrogens with zero attached hydrogens (tertiary/aromatic N) is 1. The molecule has 0 saturated heterocycles. The highest BCUT2D eigenvalue weighted by Crippen LogP contribution is 2.14. The molecular weight excluding hydrogens is 311 g/mol. The molecule has 1 N–H and O–H groups in total. The van der Waals surface area contributed by atoms with Crippen LogP contribution < -0.4 is 4.72 Å². The van der Waals surface area contributed by atoms with E-state index in [2.05, 4.69) is 27.2 Å². The molecule has 0 aliphatic carbocycles. The van der Waals surface area contributed by atoms with Crippen molar-refractivity contribution in [3.63, 3.8) is 0 Å². The predicted molar refractivity (Wildman–Crippen MR) is 64.4 cm³/mol. The van der Waals surface area contributed by atoms with Gasteiger partial charge in [-0.05, 0) is 18.2 Å². The zero-order valence-corrected chi connectivity index (χ0v) is 11.0. The van der Waals surface area contributed by atoms with Crippen LogP contribution in [0.5, 0.6) is 0 Å². The largest absolute Gasteiger partial charge is 0.240 e. The fraction of sp³-hybridized carbons (Fsp3) is 0.100. The molecular formula is C10H8BrFN2O2S. The van der Waals surface area contributed by atoms with E-state index < -0.39 is 15.8 Å². The Kier molecular flexibility index (Phi) is 4.40. The second-order valence-electron chi connectivity index (χ2n) is 3.10. The summed E-state index contributed by atoms with van der Waals surface area (Å²) in [5, 5.41) is 8.60. The fourth-order valence-corrected chi connectivity index (χ4v) is 2.39. The van der Waals surface area contributed by atoms with Gasteiger partial charge in [-0.1, -0.05) is 22.5 Å². The first-order valence-electron chi connectivity index (χ1n) is 4.39. The first-order valence-corrected chi connectivity index (χ1v) is 6.67. The highest BCUT2D eigenvalue weighted by atomic mass is 79.9. The van der Waals surface area contributed by atoms with Crippen molar-refractivity contribution in [2.75, 3.05) is 6.54 Å². The van der Waals surface area contributed by atoms with Gasteiger partial charge in [0.15, 0.2) is 0 Å². The molecule has 0 saturated carbocycles. The third kappa shape index (κ3) is 3.63. The van der Waals surface area contributed by atoms with Gasteiger partial charge >= 0.3 is 0 Å². The summed E-state index contributed by atoms with van der Waals surface area (Å²) in [6.45, 7) is 3.49. The van der Waals surface area contributed by atoms with Crippen LogP contribution in [0.2, 0.25) is 0 Å². The van der Waals surface area contributed by atoms with Crippen molar-refractivity contribution < 1.29 is 12.8 Å². The molecule has 0 atom stereocenters. The molecule has 4 nitrogen and oxygen atoms in total. The molecule has 90 valence electrons. The summed E-state index contributed by atoms with van der Waals surface area (Å²) in [7, 11) is -3.76. The molecule has 0 radical (unpaired) electrons. The molecule has 0 aliphatic heterocycles. The van der Waals surface area contributed by atoms with E-state index in [-0.39, 0.29) is 17.0 Å². The van der Waals surface area contributed by atoms with Gasteiger partial charge in [-0.15, -0.1) is 0 Å². The lowest BCUT2D eigenvalue weighted by molar-refractivity contribution is 0.584. The topological polar surface area (TPSA) is 70.0 Å². The van der Waals surface area contributed by atoms with E-state index >= 15 is 0 Å². The second-order valence-corrected chi connectivity index (χ2v) is 5.98. The zero-order chi connectivity index (χ0) is 13.1. The van der Waals surface area contributed by atoms with Crippen molar-refractivity contribution in [3.8, 4) is 6.07 Å². The van der Waals surface area contributed by atoms with Crippen molar-refractivity contribution in [1.29, 1.82) is 5.26 Å². The quantitative estimate of drug-likeness (QED) is 0.921. The molecule has 1 rings (SSSR count). The van der Waals surface area contributed by atoms with Crippen LogP contribution in [0.3, 0.4) is 0 Å². The van der Waals surface area contributed by atoms with Gasteiger partial charge in [-0.2, -0.15) is 5.26 Å². The standard InChI is InChI=1S/C10H8BrFN2O2S/c1-7(11)6-14-17(15,16)9-2-3-10(12)8(4-9)5-13/h2-4,14H,1,6H2. The Hall–Kier alpha value is -1.23. The monoisotopic (exact) mass is 318 g/mol. The maximum Gasteiger partial charge on any atom is 0.240 e. The van der Waals surface area contributed by atoms with Crippen LogP contribution in [-0.2, 0) is 10.0 Å². The van der Waals surface area contributed by atoms with Gasteiger partial charge in [0.2, 0.25) is 10.0 Å². The van der Waals surface area contributed by atoms with Crippen molar-refractivity contribution >= 4 is 26.0 Å². The zero-order valence-electron chi connectivity index (χ0n) is 8.57. The lowest BCUT2D eigenvalue weighted by Crippen LogP contribution is -2.24. The number of nitrogens with one attached hydrogen (secondary N) is 1. The Balaban J connectivity index is 3.08. The highest BCUT2D eigenvalue weighted by Gasteiger charge is 2.15. The first kappa shape index (κ1) is 13.8. The molecule has 0 spiro atoms. The second kappa shape index (κ2) is 5.40. The number of benzene rings is 1. The predicted octanol–water partition coefficient (Wildman–Crippen LogP) is 1.88. The number of sulfonamides is 1.